The second-order valence-corrected chi connectivity index (χ2v) is 4.19. The fourth-order valence-corrected chi connectivity index (χ4v) is 1.37. The number of nitrogens with two attached hydrogens (primary N) is 1. The molecule has 0 aliphatic carbocycles. The summed E-state index contributed by atoms with van der Waals surface area (Å²) in [5.74, 6) is -0.422. The molecule has 0 unspecified atom stereocenters. The van der Waals surface area contributed by atoms with Crippen molar-refractivity contribution < 1.29 is 9.53 Å². The van der Waals surface area contributed by atoms with Crippen LogP contribution >= 0.6 is 0 Å². The van der Waals surface area contributed by atoms with Crippen molar-refractivity contribution in [3.05, 3.63) is 41.9 Å². The van der Waals surface area contributed by atoms with Gasteiger partial charge in [0.2, 0.25) is 0 Å². The highest BCUT2D eigenvalue weighted by molar-refractivity contribution is 5.83. The number of carbonyl (C=O) groups excluding carboxylic acids is 1. The number of pyridine rings is 1. The van der Waals surface area contributed by atoms with Crippen LogP contribution in [0.2, 0.25) is 0 Å². The minimum Gasteiger partial charge on any atom is -0.463 e. The van der Waals surface area contributed by atoms with E-state index in [0.717, 1.165) is 5.69 Å². The first-order chi connectivity index (χ1) is 7.98. The Morgan fingerprint density at radius 3 is 2.76 bits per heavy atom. The summed E-state index contributed by atoms with van der Waals surface area (Å²) in [6.07, 6.45) is 3.02. The van der Waals surface area contributed by atoms with Crippen molar-refractivity contribution >= 4 is 5.97 Å². The molecule has 0 amide bonds. The topological polar surface area (TPSA) is 65.2 Å². The lowest BCUT2D eigenvalue weighted by Gasteiger charge is -2.24. The third-order valence-electron chi connectivity index (χ3n) is 2.59. The van der Waals surface area contributed by atoms with Gasteiger partial charge < -0.3 is 10.5 Å². The maximum atomic E-state index is 11.3. The van der Waals surface area contributed by atoms with Crippen molar-refractivity contribution in [3.63, 3.8) is 0 Å². The second kappa shape index (κ2) is 5.48. The number of nitrogens with zero attached hydrogens (tertiary/aromatic N) is 1. The molecule has 1 aromatic heterocycles. The Kier molecular flexibility index (Phi) is 4.26. The van der Waals surface area contributed by atoms with E-state index < -0.39 is 11.4 Å². The Balaban J connectivity index is 2.94. The molecule has 0 saturated heterocycles. The zero-order chi connectivity index (χ0) is 12.9. The summed E-state index contributed by atoms with van der Waals surface area (Å²) in [5.41, 5.74) is 6.70. The van der Waals surface area contributed by atoms with Crippen LogP contribution in [-0.2, 0) is 14.9 Å². The number of aromatic nitrogens is 1. The van der Waals surface area contributed by atoms with E-state index in [-0.39, 0.29) is 0 Å². The van der Waals surface area contributed by atoms with Crippen LogP contribution in [0.3, 0.4) is 0 Å². The number of rotatable bonds is 4. The van der Waals surface area contributed by atoms with Crippen LogP contribution in [0.5, 0.6) is 0 Å². The lowest BCUT2D eigenvalue weighted by atomic mass is 9.85. The van der Waals surface area contributed by atoms with Gasteiger partial charge in [0.05, 0.1) is 12.3 Å². The Morgan fingerprint density at radius 2 is 2.24 bits per heavy atom. The molecular weight excluding hydrogens is 216 g/mol. The summed E-state index contributed by atoms with van der Waals surface area (Å²) in [7, 11) is 0. The zero-order valence-electron chi connectivity index (χ0n) is 10.4. The average Bonchev–Trinajstić information content (AvgIpc) is 2.30. The molecule has 4 nitrogen and oxygen atoms in total. The summed E-state index contributed by atoms with van der Waals surface area (Å²) in [6.45, 7) is 5.93. The van der Waals surface area contributed by atoms with Gasteiger partial charge in [0.15, 0.2) is 0 Å². The Labute approximate surface area is 101 Å². The van der Waals surface area contributed by atoms with Crippen molar-refractivity contribution in [1.29, 1.82) is 0 Å². The molecule has 1 heterocycles. The minimum atomic E-state index is -0.492. The van der Waals surface area contributed by atoms with E-state index in [1.54, 1.807) is 13.1 Å². The molecule has 0 spiro atoms. The monoisotopic (exact) mass is 234 g/mol. The van der Waals surface area contributed by atoms with Crippen molar-refractivity contribution in [2.24, 2.45) is 5.73 Å². The normalized spacial score (nSPS) is 12.3. The molecular formula is C13H18N2O2. The van der Waals surface area contributed by atoms with Crippen molar-refractivity contribution in [2.75, 3.05) is 6.61 Å². The van der Waals surface area contributed by atoms with Crippen LogP contribution in [0, 0.1) is 0 Å². The molecule has 0 aromatic carbocycles. The van der Waals surface area contributed by atoms with Crippen molar-refractivity contribution in [3.8, 4) is 0 Å². The van der Waals surface area contributed by atoms with E-state index in [1.165, 1.54) is 6.08 Å². The number of allylic oxidation sites excluding steroid dienone is 1. The molecule has 4 heteroatoms. The van der Waals surface area contributed by atoms with Gasteiger partial charge in [0.1, 0.15) is 0 Å². The summed E-state index contributed by atoms with van der Waals surface area (Å²) in [4.78, 5) is 15.6. The van der Waals surface area contributed by atoms with Gasteiger partial charge in [-0.15, -0.1) is 0 Å². The minimum absolute atomic E-state index is 0.340. The Hall–Kier alpha value is -1.84. The Bertz CT molecular complexity index is 411. The van der Waals surface area contributed by atoms with Gasteiger partial charge in [-0.25, -0.2) is 4.79 Å². The van der Waals surface area contributed by atoms with Crippen LogP contribution in [0.15, 0.2) is 36.2 Å². The standard InChI is InChI=1S/C13H18N2O2/c1-4-17-12(16)9-10(14)13(2,3)11-7-5-6-8-15-11/h5-9H,4,14H2,1-3H3/b10-9+. The molecule has 0 fully saturated rings. The van der Waals surface area contributed by atoms with E-state index in [4.69, 9.17) is 10.5 Å². The molecule has 0 saturated carbocycles. The molecule has 17 heavy (non-hydrogen) atoms. The molecule has 0 bridgehead atoms. The molecule has 0 radical (unpaired) electrons. The third kappa shape index (κ3) is 3.31. The summed E-state index contributed by atoms with van der Waals surface area (Å²) < 4.78 is 4.83. The molecule has 1 aromatic rings. The number of esters is 1. The molecule has 0 atom stereocenters. The predicted molar refractivity (Wildman–Crippen MR) is 66.2 cm³/mol. The smallest absolute Gasteiger partial charge is 0.332 e. The fraction of sp³-hybridized carbons (Fsp3) is 0.385. The second-order valence-electron chi connectivity index (χ2n) is 4.19. The van der Waals surface area contributed by atoms with Crippen LogP contribution < -0.4 is 5.73 Å². The lowest BCUT2D eigenvalue weighted by molar-refractivity contribution is -0.137. The zero-order valence-corrected chi connectivity index (χ0v) is 10.4. The number of hydrogen-bond acceptors (Lipinski definition) is 4. The highest BCUT2D eigenvalue weighted by atomic mass is 16.5. The van der Waals surface area contributed by atoms with E-state index in [2.05, 4.69) is 4.98 Å². The van der Waals surface area contributed by atoms with E-state index >= 15 is 0 Å². The van der Waals surface area contributed by atoms with Gasteiger partial charge >= 0.3 is 5.97 Å². The summed E-state index contributed by atoms with van der Waals surface area (Å²) in [5, 5.41) is 0. The van der Waals surface area contributed by atoms with Crippen LogP contribution in [-0.4, -0.2) is 17.6 Å². The summed E-state index contributed by atoms with van der Waals surface area (Å²) >= 11 is 0. The predicted octanol–water partition coefficient (Wildman–Crippen LogP) is 1.76. The molecule has 0 aliphatic rings. The van der Waals surface area contributed by atoms with Crippen molar-refractivity contribution in [1.82, 2.24) is 4.98 Å². The molecule has 1 rings (SSSR count). The number of hydrogen-bond donors (Lipinski definition) is 1. The average molecular weight is 234 g/mol. The lowest BCUT2D eigenvalue weighted by Crippen LogP contribution is -2.28. The van der Waals surface area contributed by atoms with E-state index in [0.29, 0.717) is 12.3 Å². The van der Waals surface area contributed by atoms with Gasteiger partial charge in [-0.3, -0.25) is 4.98 Å². The first-order valence-electron chi connectivity index (χ1n) is 5.54. The molecule has 2 N–H and O–H groups in total. The summed E-state index contributed by atoms with van der Waals surface area (Å²) in [6, 6.07) is 5.61. The van der Waals surface area contributed by atoms with Gasteiger partial charge in [-0.1, -0.05) is 6.07 Å². The Morgan fingerprint density at radius 1 is 1.53 bits per heavy atom. The van der Waals surface area contributed by atoms with Gasteiger partial charge in [0.25, 0.3) is 0 Å². The van der Waals surface area contributed by atoms with Gasteiger partial charge in [0, 0.05) is 23.4 Å². The van der Waals surface area contributed by atoms with Crippen LogP contribution in [0.25, 0.3) is 0 Å². The van der Waals surface area contributed by atoms with Crippen LogP contribution in [0.4, 0.5) is 0 Å². The van der Waals surface area contributed by atoms with Gasteiger partial charge in [-0.2, -0.15) is 0 Å². The van der Waals surface area contributed by atoms with Crippen LogP contribution in [0.1, 0.15) is 26.5 Å². The largest absolute Gasteiger partial charge is 0.463 e. The number of ether oxygens (including phenoxy) is 1. The maximum Gasteiger partial charge on any atom is 0.332 e. The SMILES string of the molecule is CCOC(=O)/C=C(/N)C(C)(C)c1ccccn1. The maximum absolute atomic E-state index is 11.3. The highest BCUT2D eigenvalue weighted by Crippen LogP contribution is 2.26. The van der Waals surface area contributed by atoms with Gasteiger partial charge in [-0.05, 0) is 32.9 Å². The first-order valence-corrected chi connectivity index (χ1v) is 5.54. The molecule has 0 aliphatic heterocycles. The van der Waals surface area contributed by atoms with E-state index in [1.807, 2.05) is 32.0 Å². The number of carbonyl (C=O) groups is 1. The fourth-order valence-electron chi connectivity index (χ4n) is 1.37. The molecule has 92 valence electrons. The quantitative estimate of drug-likeness (QED) is 0.637. The third-order valence-corrected chi connectivity index (χ3v) is 2.59. The van der Waals surface area contributed by atoms with Crippen molar-refractivity contribution in [2.45, 2.75) is 26.2 Å². The van der Waals surface area contributed by atoms with E-state index in [9.17, 15) is 4.79 Å². The highest BCUT2D eigenvalue weighted by Gasteiger charge is 2.25. The first kappa shape index (κ1) is 13.2.